The zero-order chi connectivity index (χ0) is 16.7. The van der Waals surface area contributed by atoms with E-state index in [0.717, 1.165) is 44.2 Å². The summed E-state index contributed by atoms with van der Waals surface area (Å²) in [6, 6.07) is 8.19. The summed E-state index contributed by atoms with van der Waals surface area (Å²) in [5.41, 5.74) is 6.94. The van der Waals surface area contributed by atoms with Crippen molar-refractivity contribution in [2.45, 2.75) is 37.6 Å². The third kappa shape index (κ3) is 2.93. The number of carbonyl (C=O) groups excluding carboxylic acids is 2. The van der Waals surface area contributed by atoms with Crippen LogP contribution in [0.15, 0.2) is 24.3 Å². The minimum Gasteiger partial charge on any atom is -0.366 e. The maximum absolute atomic E-state index is 12.7. The molecule has 24 heavy (non-hydrogen) atoms. The van der Waals surface area contributed by atoms with Gasteiger partial charge in [0.05, 0.1) is 0 Å². The minimum absolute atomic E-state index is 0.0865. The van der Waals surface area contributed by atoms with Crippen molar-refractivity contribution < 1.29 is 9.59 Å². The Hall–Kier alpha value is -1.88. The second-order valence-electron chi connectivity index (χ2n) is 7.38. The van der Waals surface area contributed by atoms with E-state index in [0.29, 0.717) is 5.56 Å². The highest BCUT2D eigenvalue weighted by Crippen LogP contribution is 2.48. The van der Waals surface area contributed by atoms with Crippen LogP contribution in [-0.4, -0.2) is 53.8 Å². The Bertz CT molecular complexity index is 648. The third-order valence-corrected chi connectivity index (χ3v) is 5.92. The highest BCUT2D eigenvalue weighted by Gasteiger charge is 2.46. The molecule has 5 heteroatoms. The number of nitrogens with two attached hydrogens (primary N) is 1. The van der Waals surface area contributed by atoms with Crippen molar-refractivity contribution in [3.05, 3.63) is 35.4 Å². The second kappa shape index (κ2) is 6.20. The molecule has 1 aromatic carbocycles. The normalized spacial score (nSPS) is 27.6. The SMILES string of the molecule is NC(=O)c1cccc(C2C[C@@H]2C(=O)N2CCN(C3CCC3)CC2)c1. The van der Waals surface area contributed by atoms with E-state index in [-0.39, 0.29) is 17.7 Å². The molecule has 1 aliphatic heterocycles. The van der Waals surface area contributed by atoms with Gasteiger partial charge in [0.15, 0.2) is 0 Å². The average Bonchev–Trinajstić information content (AvgIpc) is 3.34. The fourth-order valence-corrected chi connectivity index (χ4v) is 4.05. The molecule has 5 nitrogen and oxygen atoms in total. The fourth-order valence-electron chi connectivity index (χ4n) is 4.05. The van der Waals surface area contributed by atoms with Crippen LogP contribution in [0.4, 0.5) is 0 Å². The Labute approximate surface area is 142 Å². The van der Waals surface area contributed by atoms with Gasteiger partial charge in [0, 0.05) is 43.7 Å². The summed E-state index contributed by atoms with van der Waals surface area (Å²) in [6.07, 6.45) is 4.91. The predicted molar refractivity (Wildman–Crippen MR) is 91.6 cm³/mol. The molecule has 2 amide bonds. The maximum atomic E-state index is 12.7. The van der Waals surface area contributed by atoms with Crippen LogP contribution in [0.3, 0.4) is 0 Å². The van der Waals surface area contributed by atoms with E-state index in [9.17, 15) is 9.59 Å². The standard InChI is InChI=1S/C19H25N3O2/c20-18(23)14-4-1-3-13(11-14)16-12-17(16)19(24)22-9-7-21(8-10-22)15-5-2-6-15/h1,3-4,11,15-17H,2,5-10,12H2,(H2,20,23)/t16?,17-/m0/s1. The van der Waals surface area contributed by atoms with Crippen LogP contribution in [0.5, 0.6) is 0 Å². The Kier molecular flexibility index (Phi) is 4.04. The van der Waals surface area contributed by atoms with Crippen molar-refractivity contribution in [2.75, 3.05) is 26.2 Å². The number of nitrogens with zero attached hydrogens (tertiary/aromatic N) is 2. The lowest BCUT2D eigenvalue weighted by Gasteiger charge is -2.43. The molecule has 1 unspecified atom stereocenters. The number of carbonyl (C=O) groups is 2. The second-order valence-corrected chi connectivity index (χ2v) is 7.38. The van der Waals surface area contributed by atoms with E-state index in [2.05, 4.69) is 4.90 Å². The number of benzene rings is 1. The smallest absolute Gasteiger partial charge is 0.248 e. The van der Waals surface area contributed by atoms with Gasteiger partial charge in [0.25, 0.3) is 0 Å². The molecule has 3 aliphatic rings. The van der Waals surface area contributed by atoms with Gasteiger partial charge in [-0.25, -0.2) is 0 Å². The number of hydrogen-bond donors (Lipinski definition) is 1. The zero-order valence-electron chi connectivity index (χ0n) is 14.0. The molecule has 2 aliphatic carbocycles. The van der Waals surface area contributed by atoms with E-state index in [1.54, 1.807) is 6.07 Å². The first kappa shape index (κ1) is 15.6. The van der Waals surface area contributed by atoms with Crippen molar-refractivity contribution in [3.8, 4) is 0 Å². The van der Waals surface area contributed by atoms with Gasteiger partial charge in [-0.1, -0.05) is 18.6 Å². The van der Waals surface area contributed by atoms with Gasteiger partial charge in [-0.15, -0.1) is 0 Å². The summed E-state index contributed by atoms with van der Waals surface area (Å²) < 4.78 is 0. The zero-order valence-corrected chi connectivity index (χ0v) is 14.0. The first-order chi connectivity index (χ1) is 11.6. The highest BCUT2D eigenvalue weighted by molar-refractivity contribution is 5.93. The Morgan fingerprint density at radius 1 is 1.08 bits per heavy atom. The van der Waals surface area contributed by atoms with Crippen molar-refractivity contribution in [3.63, 3.8) is 0 Å². The number of primary amides is 1. The summed E-state index contributed by atoms with van der Waals surface area (Å²) in [5, 5.41) is 0. The quantitative estimate of drug-likeness (QED) is 0.913. The molecule has 0 bridgehead atoms. The molecule has 2 N–H and O–H groups in total. The van der Waals surface area contributed by atoms with Crippen molar-refractivity contribution in [1.82, 2.24) is 9.80 Å². The van der Waals surface area contributed by atoms with Crippen LogP contribution >= 0.6 is 0 Å². The summed E-state index contributed by atoms with van der Waals surface area (Å²) in [4.78, 5) is 28.6. The number of hydrogen-bond acceptors (Lipinski definition) is 3. The van der Waals surface area contributed by atoms with Crippen LogP contribution in [0.2, 0.25) is 0 Å². The van der Waals surface area contributed by atoms with Crippen LogP contribution in [0.25, 0.3) is 0 Å². The lowest BCUT2D eigenvalue weighted by Crippen LogP contribution is -2.53. The molecule has 3 fully saturated rings. The lowest BCUT2D eigenvalue weighted by atomic mass is 9.91. The molecule has 1 aromatic rings. The lowest BCUT2D eigenvalue weighted by molar-refractivity contribution is -0.135. The molecule has 128 valence electrons. The number of rotatable bonds is 4. The van der Waals surface area contributed by atoms with Crippen LogP contribution in [-0.2, 0) is 4.79 Å². The van der Waals surface area contributed by atoms with E-state index in [1.807, 2.05) is 23.1 Å². The molecular formula is C19H25N3O2. The maximum Gasteiger partial charge on any atom is 0.248 e. The van der Waals surface area contributed by atoms with Gasteiger partial charge < -0.3 is 10.6 Å². The number of piperazine rings is 1. The molecule has 2 atom stereocenters. The Balaban J connectivity index is 1.34. The molecule has 1 heterocycles. The van der Waals surface area contributed by atoms with Gasteiger partial charge in [-0.3, -0.25) is 14.5 Å². The summed E-state index contributed by atoms with van der Waals surface area (Å²) in [5.74, 6) is 0.218. The summed E-state index contributed by atoms with van der Waals surface area (Å²) in [6.45, 7) is 3.76. The molecule has 0 radical (unpaired) electrons. The third-order valence-electron chi connectivity index (χ3n) is 5.92. The van der Waals surface area contributed by atoms with Gasteiger partial charge in [0.1, 0.15) is 0 Å². The molecular weight excluding hydrogens is 302 g/mol. The molecule has 0 spiro atoms. The largest absolute Gasteiger partial charge is 0.366 e. The topological polar surface area (TPSA) is 66.6 Å². The van der Waals surface area contributed by atoms with Crippen molar-refractivity contribution in [2.24, 2.45) is 11.7 Å². The minimum atomic E-state index is -0.410. The highest BCUT2D eigenvalue weighted by atomic mass is 16.2. The first-order valence-corrected chi connectivity index (χ1v) is 9.06. The predicted octanol–water partition coefficient (Wildman–Crippen LogP) is 1.59. The van der Waals surface area contributed by atoms with Crippen LogP contribution in [0, 0.1) is 5.92 Å². The average molecular weight is 327 g/mol. The van der Waals surface area contributed by atoms with Gasteiger partial charge in [0.2, 0.25) is 11.8 Å². The molecule has 1 saturated heterocycles. The first-order valence-electron chi connectivity index (χ1n) is 9.06. The van der Waals surface area contributed by atoms with E-state index >= 15 is 0 Å². The van der Waals surface area contributed by atoms with Crippen LogP contribution in [0.1, 0.15) is 47.5 Å². The van der Waals surface area contributed by atoms with E-state index in [1.165, 1.54) is 19.3 Å². The Morgan fingerprint density at radius 2 is 1.83 bits per heavy atom. The molecule has 0 aromatic heterocycles. The van der Waals surface area contributed by atoms with Crippen LogP contribution < -0.4 is 5.73 Å². The Morgan fingerprint density at radius 3 is 2.46 bits per heavy atom. The van der Waals surface area contributed by atoms with Gasteiger partial charge in [-0.05, 0) is 42.9 Å². The summed E-state index contributed by atoms with van der Waals surface area (Å²) >= 11 is 0. The molecule has 2 saturated carbocycles. The fraction of sp³-hybridized carbons (Fsp3) is 0.579. The van der Waals surface area contributed by atoms with Gasteiger partial charge >= 0.3 is 0 Å². The van der Waals surface area contributed by atoms with Gasteiger partial charge in [-0.2, -0.15) is 0 Å². The van der Waals surface area contributed by atoms with Crippen molar-refractivity contribution >= 4 is 11.8 Å². The number of amides is 2. The summed E-state index contributed by atoms with van der Waals surface area (Å²) in [7, 11) is 0. The molecule has 4 rings (SSSR count). The van der Waals surface area contributed by atoms with E-state index in [4.69, 9.17) is 5.73 Å². The van der Waals surface area contributed by atoms with E-state index < -0.39 is 5.91 Å². The monoisotopic (exact) mass is 327 g/mol. The van der Waals surface area contributed by atoms with Crippen molar-refractivity contribution in [1.29, 1.82) is 0 Å².